The number of ether oxygens (including phenoxy) is 1. The van der Waals surface area contributed by atoms with E-state index in [0.717, 1.165) is 9.87 Å². The van der Waals surface area contributed by atoms with E-state index < -0.39 is 22.5 Å². The van der Waals surface area contributed by atoms with E-state index in [1.165, 1.54) is 43.5 Å². The molecule has 2 amide bonds. The van der Waals surface area contributed by atoms with Gasteiger partial charge in [-0.15, -0.1) is 0 Å². The number of nitrogens with zero attached hydrogens (tertiary/aromatic N) is 1. The monoisotopic (exact) mass is 577 g/mol. The van der Waals surface area contributed by atoms with Gasteiger partial charge in [0.2, 0.25) is 5.91 Å². The number of rotatable bonds is 11. The quantitative estimate of drug-likeness (QED) is 0.256. The van der Waals surface area contributed by atoms with Crippen molar-refractivity contribution in [2.45, 2.75) is 11.3 Å². The first-order valence-electron chi connectivity index (χ1n) is 12.4. The van der Waals surface area contributed by atoms with Crippen LogP contribution in [0.5, 0.6) is 5.75 Å². The molecule has 0 bridgehead atoms. The molecule has 0 heterocycles. The van der Waals surface area contributed by atoms with Crippen LogP contribution in [0.2, 0.25) is 5.02 Å². The Kier molecular flexibility index (Phi) is 9.42. The number of nitrogens with one attached hydrogen (secondary N) is 2. The van der Waals surface area contributed by atoms with Crippen molar-refractivity contribution in [2.75, 3.05) is 29.8 Å². The minimum absolute atomic E-state index is 0.0192. The zero-order valence-electron chi connectivity index (χ0n) is 21.7. The molecule has 0 unspecified atom stereocenters. The highest BCUT2D eigenvalue weighted by atomic mass is 35.5. The summed E-state index contributed by atoms with van der Waals surface area (Å²) >= 11 is 6.01. The molecule has 0 aliphatic carbocycles. The third-order valence-electron chi connectivity index (χ3n) is 6.04. The van der Waals surface area contributed by atoms with Crippen molar-refractivity contribution in [3.63, 3.8) is 0 Å². The lowest BCUT2D eigenvalue weighted by Crippen LogP contribution is -2.38. The van der Waals surface area contributed by atoms with E-state index >= 15 is 0 Å². The molecule has 4 rings (SSSR count). The van der Waals surface area contributed by atoms with Crippen LogP contribution in [0.4, 0.5) is 11.4 Å². The van der Waals surface area contributed by atoms with Crippen molar-refractivity contribution in [2.24, 2.45) is 0 Å². The summed E-state index contributed by atoms with van der Waals surface area (Å²) in [5.74, 6) is -0.489. The van der Waals surface area contributed by atoms with E-state index in [0.29, 0.717) is 23.7 Å². The van der Waals surface area contributed by atoms with Gasteiger partial charge in [-0.1, -0.05) is 54.1 Å². The molecule has 40 heavy (non-hydrogen) atoms. The third kappa shape index (κ3) is 7.19. The van der Waals surface area contributed by atoms with Crippen LogP contribution in [-0.2, 0) is 21.2 Å². The molecule has 0 aliphatic rings. The number of methoxy groups -OCH3 is 1. The van der Waals surface area contributed by atoms with Gasteiger partial charge in [0.25, 0.3) is 15.9 Å². The Labute approximate surface area is 238 Å². The Morgan fingerprint density at radius 3 is 2.17 bits per heavy atom. The molecule has 0 saturated carbocycles. The molecule has 4 aromatic carbocycles. The van der Waals surface area contributed by atoms with E-state index in [9.17, 15) is 18.0 Å². The van der Waals surface area contributed by atoms with Gasteiger partial charge in [-0.05, 0) is 72.6 Å². The summed E-state index contributed by atoms with van der Waals surface area (Å²) in [5.41, 5.74) is 1.87. The molecular weight excluding hydrogens is 550 g/mol. The number of anilines is 2. The summed E-state index contributed by atoms with van der Waals surface area (Å²) in [6, 6.07) is 28.3. The molecule has 2 N–H and O–H groups in total. The second-order valence-electron chi connectivity index (χ2n) is 8.75. The van der Waals surface area contributed by atoms with Crippen LogP contribution in [0.25, 0.3) is 0 Å². The van der Waals surface area contributed by atoms with Crippen LogP contribution in [0, 0.1) is 0 Å². The smallest absolute Gasteiger partial charge is 0.264 e. The van der Waals surface area contributed by atoms with Crippen molar-refractivity contribution in [3.05, 3.63) is 119 Å². The fourth-order valence-corrected chi connectivity index (χ4v) is 5.51. The van der Waals surface area contributed by atoms with Gasteiger partial charge in [0.1, 0.15) is 12.3 Å². The first-order valence-corrected chi connectivity index (χ1v) is 14.2. The highest BCUT2D eigenvalue weighted by molar-refractivity contribution is 7.92. The number of benzene rings is 4. The summed E-state index contributed by atoms with van der Waals surface area (Å²) in [4.78, 5) is 26.1. The highest BCUT2D eigenvalue weighted by Crippen LogP contribution is 2.27. The van der Waals surface area contributed by atoms with Gasteiger partial charge in [0.05, 0.1) is 28.9 Å². The summed E-state index contributed by atoms with van der Waals surface area (Å²) in [5, 5.41) is 5.99. The van der Waals surface area contributed by atoms with E-state index in [2.05, 4.69) is 10.6 Å². The second-order valence-corrected chi connectivity index (χ2v) is 11.0. The maximum absolute atomic E-state index is 13.6. The van der Waals surface area contributed by atoms with Gasteiger partial charge >= 0.3 is 0 Å². The SMILES string of the molecule is COc1ccc(S(=O)(=O)N(CC(=O)Nc2ccccc2C(=O)NCCc2ccccc2)c2ccc(Cl)cc2)cc1. The number of hydrogen-bond acceptors (Lipinski definition) is 5. The first kappa shape index (κ1) is 28.7. The van der Waals surface area contributed by atoms with Gasteiger partial charge in [0, 0.05) is 11.6 Å². The highest BCUT2D eigenvalue weighted by Gasteiger charge is 2.28. The maximum atomic E-state index is 13.6. The molecule has 4 aromatic rings. The summed E-state index contributed by atoms with van der Waals surface area (Å²) in [6.45, 7) is -0.129. The summed E-state index contributed by atoms with van der Waals surface area (Å²) in [6.07, 6.45) is 0.653. The zero-order chi connectivity index (χ0) is 28.5. The molecule has 8 nitrogen and oxygen atoms in total. The number of halogens is 1. The molecule has 0 saturated heterocycles. The maximum Gasteiger partial charge on any atom is 0.264 e. The predicted molar refractivity (Wildman–Crippen MR) is 157 cm³/mol. The Morgan fingerprint density at radius 1 is 0.850 bits per heavy atom. The average molecular weight is 578 g/mol. The van der Waals surface area contributed by atoms with E-state index in [4.69, 9.17) is 16.3 Å². The number of sulfonamides is 1. The van der Waals surface area contributed by atoms with Gasteiger partial charge < -0.3 is 15.4 Å². The van der Waals surface area contributed by atoms with Crippen LogP contribution < -0.4 is 19.7 Å². The van der Waals surface area contributed by atoms with Crippen LogP contribution >= 0.6 is 11.6 Å². The van der Waals surface area contributed by atoms with E-state index in [1.807, 2.05) is 30.3 Å². The van der Waals surface area contributed by atoms with E-state index in [-0.39, 0.29) is 27.7 Å². The molecule has 0 aliphatic heterocycles. The van der Waals surface area contributed by atoms with Gasteiger partial charge in [-0.2, -0.15) is 0 Å². The number of carbonyl (C=O) groups is 2. The van der Waals surface area contributed by atoms with Crippen molar-refractivity contribution >= 4 is 44.8 Å². The van der Waals surface area contributed by atoms with Gasteiger partial charge in [-0.3, -0.25) is 13.9 Å². The molecule has 0 atom stereocenters. The molecular formula is C30H28ClN3O5S. The lowest BCUT2D eigenvalue weighted by atomic mass is 10.1. The largest absolute Gasteiger partial charge is 0.497 e. The lowest BCUT2D eigenvalue weighted by Gasteiger charge is -2.24. The Hall–Kier alpha value is -4.34. The molecule has 0 aromatic heterocycles. The predicted octanol–water partition coefficient (Wildman–Crippen LogP) is 5.16. The number of amides is 2. The van der Waals surface area contributed by atoms with E-state index in [1.54, 1.807) is 36.4 Å². The summed E-state index contributed by atoms with van der Waals surface area (Å²) in [7, 11) is -2.67. The lowest BCUT2D eigenvalue weighted by molar-refractivity contribution is -0.114. The molecule has 206 valence electrons. The standard InChI is InChI=1S/C30H28ClN3O5S/c1-39-25-15-17-26(18-16-25)40(37,38)34(24-13-11-23(31)12-14-24)21-29(35)33-28-10-6-5-9-27(28)30(36)32-20-19-22-7-3-2-4-8-22/h2-18H,19-21H2,1H3,(H,32,36)(H,33,35). The number of hydrogen-bond donors (Lipinski definition) is 2. The van der Waals surface area contributed by atoms with Crippen LogP contribution in [0.1, 0.15) is 15.9 Å². The van der Waals surface area contributed by atoms with Gasteiger partial charge in [-0.25, -0.2) is 8.42 Å². The first-order chi connectivity index (χ1) is 19.3. The minimum Gasteiger partial charge on any atom is -0.497 e. The fraction of sp³-hybridized carbons (Fsp3) is 0.133. The van der Waals surface area contributed by atoms with Crippen molar-refractivity contribution in [3.8, 4) is 5.75 Å². The number of carbonyl (C=O) groups excluding carboxylic acids is 2. The third-order valence-corrected chi connectivity index (χ3v) is 8.08. The van der Waals surface area contributed by atoms with Crippen molar-refractivity contribution < 1.29 is 22.7 Å². The minimum atomic E-state index is -4.15. The van der Waals surface area contributed by atoms with Crippen molar-refractivity contribution in [1.29, 1.82) is 0 Å². The second kappa shape index (κ2) is 13.1. The normalized spacial score (nSPS) is 10.9. The molecule has 0 radical (unpaired) electrons. The van der Waals surface area contributed by atoms with Crippen LogP contribution in [0.15, 0.2) is 108 Å². The molecule has 10 heteroatoms. The molecule has 0 fully saturated rings. The Bertz CT molecular complexity index is 1560. The van der Waals surface area contributed by atoms with Gasteiger partial charge in [0.15, 0.2) is 0 Å². The van der Waals surface area contributed by atoms with Crippen molar-refractivity contribution in [1.82, 2.24) is 5.32 Å². The fourth-order valence-electron chi connectivity index (χ4n) is 3.97. The van der Waals surface area contributed by atoms with Crippen LogP contribution in [-0.4, -0.2) is 40.4 Å². The zero-order valence-corrected chi connectivity index (χ0v) is 23.3. The Balaban J connectivity index is 1.52. The topological polar surface area (TPSA) is 105 Å². The average Bonchev–Trinajstić information content (AvgIpc) is 2.97. The molecule has 0 spiro atoms. The summed E-state index contributed by atoms with van der Waals surface area (Å²) < 4.78 is 33.4. The Morgan fingerprint density at radius 2 is 1.50 bits per heavy atom. The number of para-hydroxylation sites is 1. The van der Waals surface area contributed by atoms with Crippen LogP contribution in [0.3, 0.4) is 0 Å².